The Morgan fingerprint density at radius 1 is 1.27 bits per heavy atom. The minimum atomic E-state index is -0.701. The normalized spacial score (nSPS) is 12.1. The summed E-state index contributed by atoms with van der Waals surface area (Å²) in [4.78, 5) is 3.46. The van der Waals surface area contributed by atoms with Crippen LogP contribution in [0, 0.1) is 10.4 Å². The molecule has 4 heteroatoms. The lowest BCUT2D eigenvalue weighted by molar-refractivity contribution is 0.508. The Kier molecular flexibility index (Phi) is 1.96. The highest BCUT2D eigenvalue weighted by Gasteiger charge is 2.23. The van der Waals surface area contributed by atoms with Gasteiger partial charge in [-0.1, -0.05) is 32.1 Å². The average molecular weight is 177 g/mol. The van der Waals surface area contributed by atoms with Crippen molar-refractivity contribution >= 4 is 11.3 Å². The van der Waals surface area contributed by atoms with Gasteiger partial charge in [0.05, 0.1) is 5.69 Å². The molecule has 0 saturated carbocycles. The van der Waals surface area contributed by atoms with Crippen LogP contribution >= 0.6 is 11.3 Å². The second-order valence-corrected chi connectivity index (χ2v) is 4.24. The molecule has 0 aliphatic carbocycles. The van der Waals surface area contributed by atoms with Crippen LogP contribution in [0.15, 0.2) is 0 Å². The van der Waals surface area contributed by atoms with E-state index < -0.39 is 15.8 Å². The fourth-order valence-electron chi connectivity index (χ4n) is 0.739. The van der Waals surface area contributed by atoms with Crippen molar-refractivity contribution in [2.24, 2.45) is 0 Å². The summed E-state index contributed by atoms with van der Waals surface area (Å²) in [6.45, 7) is 5.39. The lowest BCUT2D eigenvalue weighted by Crippen LogP contribution is -2.13. The van der Waals surface area contributed by atoms with Crippen LogP contribution < -0.4 is 0 Å². The Morgan fingerprint density at radius 2 is 1.82 bits per heavy atom. The molecule has 1 aromatic rings. The summed E-state index contributed by atoms with van der Waals surface area (Å²) >= 11 is 0.452. The van der Waals surface area contributed by atoms with E-state index in [1.807, 2.05) is 0 Å². The molecule has 0 spiro atoms. The van der Waals surface area contributed by atoms with Crippen LogP contribution in [0.2, 0.25) is 0 Å². The van der Waals surface area contributed by atoms with Gasteiger partial charge in [-0.05, 0) is 0 Å². The molecule has 11 heavy (non-hydrogen) atoms. The van der Waals surface area contributed by atoms with Gasteiger partial charge in [0.2, 0.25) is 5.13 Å². The Hall–Kier alpha value is -0.510. The number of hydrogen-bond donors (Lipinski definition) is 0. The van der Waals surface area contributed by atoms with E-state index in [2.05, 4.69) is 4.98 Å². The topological polar surface area (TPSA) is 12.9 Å². The lowest BCUT2D eigenvalue weighted by atomic mass is 9.93. The Balaban J connectivity index is 3.13. The summed E-state index contributed by atoms with van der Waals surface area (Å²) in [6.07, 6.45) is 0. The molecule has 1 heterocycles. The zero-order chi connectivity index (χ0) is 8.65. The summed E-state index contributed by atoms with van der Waals surface area (Å²) in [5.74, 6) is 0. The molecule has 0 unspecified atom stereocenters. The second kappa shape index (κ2) is 2.52. The summed E-state index contributed by atoms with van der Waals surface area (Å²) in [5, 5.41) is -1.22. The molecule has 1 aromatic heterocycles. The molecule has 0 N–H and O–H groups in total. The molecule has 1 rings (SSSR count). The van der Waals surface area contributed by atoms with Crippen molar-refractivity contribution in [2.45, 2.75) is 26.2 Å². The van der Waals surface area contributed by atoms with Gasteiger partial charge in [0.1, 0.15) is 0 Å². The van der Waals surface area contributed by atoms with Crippen LogP contribution in [0.4, 0.5) is 8.78 Å². The van der Waals surface area contributed by atoms with Crippen molar-refractivity contribution in [1.29, 1.82) is 0 Å². The SMILES string of the molecule is CC(C)(C)c1nc(F)sc1F. The minimum Gasteiger partial charge on any atom is -0.211 e. The molecule has 0 aliphatic rings. The first kappa shape index (κ1) is 8.59. The van der Waals surface area contributed by atoms with Crippen LogP contribution in [0.5, 0.6) is 0 Å². The van der Waals surface area contributed by atoms with E-state index in [4.69, 9.17) is 0 Å². The van der Waals surface area contributed by atoms with Crippen molar-refractivity contribution in [2.75, 3.05) is 0 Å². The fourth-order valence-corrected chi connectivity index (χ4v) is 1.47. The smallest absolute Gasteiger partial charge is 0.211 e. The van der Waals surface area contributed by atoms with E-state index in [0.29, 0.717) is 11.3 Å². The van der Waals surface area contributed by atoms with Gasteiger partial charge in [-0.25, -0.2) is 4.98 Å². The zero-order valence-electron chi connectivity index (χ0n) is 6.61. The van der Waals surface area contributed by atoms with Gasteiger partial charge < -0.3 is 0 Å². The standard InChI is InChI=1S/C7H9F2NS/c1-7(2,3)4-5(8)11-6(9)10-4/h1-3H3. The molecule has 62 valence electrons. The van der Waals surface area contributed by atoms with Crippen molar-refractivity contribution in [3.63, 3.8) is 0 Å². The Morgan fingerprint density at radius 3 is 2.00 bits per heavy atom. The quantitative estimate of drug-likeness (QED) is 0.593. The van der Waals surface area contributed by atoms with E-state index in [9.17, 15) is 8.78 Å². The largest absolute Gasteiger partial charge is 0.271 e. The summed E-state index contributed by atoms with van der Waals surface area (Å²) in [7, 11) is 0. The van der Waals surface area contributed by atoms with E-state index in [1.54, 1.807) is 20.8 Å². The van der Waals surface area contributed by atoms with Gasteiger partial charge in [-0.15, -0.1) is 0 Å². The Labute approximate surface area is 68.1 Å². The highest BCUT2D eigenvalue weighted by molar-refractivity contribution is 7.08. The molecule has 0 saturated heterocycles. The van der Waals surface area contributed by atoms with Crippen LogP contribution in [0.1, 0.15) is 26.5 Å². The van der Waals surface area contributed by atoms with Gasteiger partial charge in [-0.3, -0.25) is 0 Å². The Bertz CT molecular complexity index is 262. The molecule has 0 aromatic carbocycles. The van der Waals surface area contributed by atoms with Crippen molar-refractivity contribution in [3.05, 3.63) is 16.1 Å². The second-order valence-electron chi connectivity index (χ2n) is 3.34. The average Bonchev–Trinajstić information content (AvgIpc) is 2.08. The number of hydrogen-bond acceptors (Lipinski definition) is 2. The first-order chi connectivity index (χ1) is 4.91. The van der Waals surface area contributed by atoms with Gasteiger partial charge >= 0.3 is 0 Å². The van der Waals surface area contributed by atoms with E-state index in [0.717, 1.165) is 0 Å². The lowest BCUT2D eigenvalue weighted by Gasteiger charge is -2.14. The van der Waals surface area contributed by atoms with Crippen LogP contribution in [-0.4, -0.2) is 4.98 Å². The maximum absolute atomic E-state index is 12.8. The molecule has 0 bridgehead atoms. The zero-order valence-corrected chi connectivity index (χ0v) is 7.43. The molecule has 1 nitrogen and oxygen atoms in total. The molecule has 0 amide bonds. The number of halogens is 2. The molecule has 0 fully saturated rings. The van der Waals surface area contributed by atoms with Crippen LogP contribution in [-0.2, 0) is 5.41 Å². The monoisotopic (exact) mass is 177 g/mol. The van der Waals surface area contributed by atoms with Crippen LogP contribution in [0.25, 0.3) is 0 Å². The molecule has 0 aliphatic heterocycles. The van der Waals surface area contributed by atoms with Crippen molar-refractivity contribution < 1.29 is 8.78 Å². The van der Waals surface area contributed by atoms with Gasteiger partial charge in [0.15, 0.2) is 0 Å². The van der Waals surface area contributed by atoms with Crippen molar-refractivity contribution in [3.8, 4) is 0 Å². The minimum absolute atomic E-state index is 0.208. The maximum atomic E-state index is 12.8. The first-order valence-corrected chi connectivity index (χ1v) is 4.05. The third kappa shape index (κ3) is 1.74. The fraction of sp³-hybridized carbons (Fsp3) is 0.571. The summed E-state index contributed by atoms with van der Waals surface area (Å²) < 4.78 is 25.2. The highest BCUT2D eigenvalue weighted by atomic mass is 32.1. The van der Waals surface area contributed by atoms with E-state index in [1.165, 1.54) is 0 Å². The first-order valence-electron chi connectivity index (χ1n) is 3.23. The maximum Gasteiger partial charge on any atom is 0.271 e. The summed E-state index contributed by atoms with van der Waals surface area (Å²) in [5.41, 5.74) is -0.203. The number of rotatable bonds is 0. The van der Waals surface area contributed by atoms with Gasteiger partial charge in [0.25, 0.3) is 5.26 Å². The van der Waals surface area contributed by atoms with E-state index >= 15 is 0 Å². The van der Waals surface area contributed by atoms with Gasteiger partial charge in [-0.2, -0.15) is 8.78 Å². The van der Waals surface area contributed by atoms with Gasteiger partial charge in [0, 0.05) is 5.41 Å². The molecular weight excluding hydrogens is 168 g/mol. The number of aromatic nitrogens is 1. The third-order valence-corrected chi connectivity index (χ3v) is 1.90. The predicted octanol–water partition coefficient (Wildman–Crippen LogP) is 2.72. The summed E-state index contributed by atoms with van der Waals surface area (Å²) in [6, 6.07) is 0. The highest BCUT2D eigenvalue weighted by Crippen LogP contribution is 2.26. The van der Waals surface area contributed by atoms with Crippen LogP contribution in [0.3, 0.4) is 0 Å². The predicted molar refractivity (Wildman–Crippen MR) is 40.7 cm³/mol. The molecule has 0 atom stereocenters. The number of thiazole rings is 1. The van der Waals surface area contributed by atoms with Crippen molar-refractivity contribution in [1.82, 2.24) is 4.98 Å². The third-order valence-electron chi connectivity index (χ3n) is 1.27. The molecule has 0 radical (unpaired) electrons. The van der Waals surface area contributed by atoms with E-state index in [-0.39, 0.29) is 5.69 Å². The number of nitrogens with zero attached hydrogens (tertiary/aromatic N) is 1. The molecular formula is C7H9F2NS.